The minimum atomic E-state index is -0.0571. The summed E-state index contributed by atoms with van der Waals surface area (Å²) in [6.45, 7) is 3.68. The molecule has 0 aliphatic rings. The van der Waals surface area contributed by atoms with Gasteiger partial charge in [-0.1, -0.05) is 0 Å². The number of benzene rings is 1. The van der Waals surface area contributed by atoms with Crippen molar-refractivity contribution in [3.8, 4) is 17.0 Å². The Morgan fingerprint density at radius 1 is 1.11 bits per heavy atom. The molecule has 0 radical (unpaired) electrons. The number of aromatic hydroxyl groups is 1. The number of nitrogens with zero attached hydrogens (tertiary/aromatic N) is 3. The van der Waals surface area contributed by atoms with Crippen LogP contribution in [0.15, 0.2) is 29.5 Å². The second-order valence-electron chi connectivity index (χ2n) is 4.26. The summed E-state index contributed by atoms with van der Waals surface area (Å²) in [7, 11) is 0. The molecule has 0 saturated heterocycles. The highest BCUT2D eigenvalue weighted by molar-refractivity contribution is 5.78. The van der Waals surface area contributed by atoms with Crippen molar-refractivity contribution in [2.45, 2.75) is 13.8 Å². The third-order valence-electron chi connectivity index (χ3n) is 2.67. The van der Waals surface area contributed by atoms with E-state index in [4.69, 9.17) is 11.5 Å². The summed E-state index contributed by atoms with van der Waals surface area (Å²) >= 11 is 0. The van der Waals surface area contributed by atoms with E-state index in [1.54, 1.807) is 6.20 Å². The molecule has 0 spiro atoms. The third kappa shape index (κ3) is 2.79. The Balaban J connectivity index is 2.40. The van der Waals surface area contributed by atoms with Crippen molar-refractivity contribution in [2.75, 3.05) is 0 Å². The van der Waals surface area contributed by atoms with Gasteiger partial charge in [0.15, 0.2) is 11.8 Å². The van der Waals surface area contributed by atoms with Crippen LogP contribution in [-0.2, 0) is 0 Å². The van der Waals surface area contributed by atoms with Crippen LogP contribution in [-0.4, -0.2) is 21.0 Å². The van der Waals surface area contributed by atoms with Gasteiger partial charge in [-0.25, -0.2) is 4.98 Å². The maximum Gasteiger partial charge on any atom is 0.192 e. The molecular weight excluding hydrogens is 242 g/mol. The summed E-state index contributed by atoms with van der Waals surface area (Å²) in [6.07, 6.45) is 3.08. The van der Waals surface area contributed by atoms with Crippen LogP contribution < -0.4 is 11.5 Å². The molecule has 0 aliphatic heterocycles. The van der Waals surface area contributed by atoms with Crippen LogP contribution in [0.3, 0.4) is 0 Å². The number of aromatic nitrogens is 2. The fourth-order valence-corrected chi connectivity index (χ4v) is 1.76. The lowest BCUT2D eigenvalue weighted by Crippen LogP contribution is -2.22. The van der Waals surface area contributed by atoms with Crippen LogP contribution in [0.2, 0.25) is 0 Å². The van der Waals surface area contributed by atoms with Crippen molar-refractivity contribution in [1.29, 1.82) is 0 Å². The molecule has 19 heavy (non-hydrogen) atoms. The van der Waals surface area contributed by atoms with E-state index in [2.05, 4.69) is 15.0 Å². The average Bonchev–Trinajstić information content (AvgIpc) is 2.35. The lowest BCUT2D eigenvalue weighted by atomic mass is 10.0. The van der Waals surface area contributed by atoms with E-state index in [0.29, 0.717) is 17.3 Å². The summed E-state index contributed by atoms with van der Waals surface area (Å²) < 4.78 is 0. The minimum absolute atomic E-state index is 0.0571. The van der Waals surface area contributed by atoms with Gasteiger partial charge in [-0.05, 0) is 37.1 Å². The summed E-state index contributed by atoms with van der Waals surface area (Å²) in [5.74, 6) is 0.600. The fraction of sp³-hybridized carbons (Fsp3) is 0.154. The lowest BCUT2D eigenvalue weighted by Gasteiger charge is -2.07. The maximum absolute atomic E-state index is 9.74. The molecular formula is C13H15N5O. The molecule has 2 aromatic rings. The van der Waals surface area contributed by atoms with Gasteiger partial charge in [0.25, 0.3) is 0 Å². The summed E-state index contributed by atoms with van der Waals surface area (Å²) in [4.78, 5) is 12.2. The van der Waals surface area contributed by atoms with Gasteiger partial charge in [-0.2, -0.15) is 4.99 Å². The van der Waals surface area contributed by atoms with Crippen molar-refractivity contribution in [1.82, 2.24) is 9.97 Å². The Hall–Kier alpha value is -2.63. The number of nitrogens with two attached hydrogens (primary N) is 2. The van der Waals surface area contributed by atoms with Crippen LogP contribution in [0, 0.1) is 13.8 Å². The minimum Gasteiger partial charge on any atom is -0.507 e. The molecule has 2 rings (SSSR count). The van der Waals surface area contributed by atoms with Crippen LogP contribution in [0.5, 0.6) is 5.75 Å². The van der Waals surface area contributed by atoms with Crippen molar-refractivity contribution < 1.29 is 5.11 Å². The molecule has 0 saturated carbocycles. The molecule has 0 unspecified atom stereocenters. The number of hydrogen-bond acceptors (Lipinski definition) is 4. The van der Waals surface area contributed by atoms with E-state index < -0.39 is 0 Å². The third-order valence-corrected chi connectivity index (χ3v) is 2.67. The average molecular weight is 257 g/mol. The molecule has 0 amide bonds. The summed E-state index contributed by atoms with van der Waals surface area (Å²) in [6, 6.07) is 3.71. The molecule has 0 atom stereocenters. The van der Waals surface area contributed by atoms with Gasteiger partial charge in [-0.15, -0.1) is 0 Å². The zero-order valence-corrected chi connectivity index (χ0v) is 10.8. The highest BCUT2D eigenvalue weighted by atomic mass is 16.3. The molecule has 6 nitrogen and oxygen atoms in total. The topological polar surface area (TPSA) is 110 Å². The lowest BCUT2D eigenvalue weighted by molar-refractivity contribution is 0.467. The number of phenolic OH excluding ortho intramolecular Hbond substituents is 1. The molecule has 0 bridgehead atoms. The monoisotopic (exact) mass is 257 g/mol. The Morgan fingerprint density at radius 2 is 1.74 bits per heavy atom. The number of aryl methyl sites for hydroxylation is 2. The Labute approximate surface area is 110 Å². The highest BCUT2D eigenvalue weighted by Crippen LogP contribution is 2.28. The van der Waals surface area contributed by atoms with E-state index in [-0.39, 0.29) is 5.96 Å². The number of guanidine groups is 1. The van der Waals surface area contributed by atoms with E-state index in [1.807, 2.05) is 26.0 Å². The first-order valence-corrected chi connectivity index (χ1v) is 5.69. The van der Waals surface area contributed by atoms with E-state index in [1.165, 1.54) is 6.20 Å². The van der Waals surface area contributed by atoms with E-state index in [0.717, 1.165) is 16.7 Å². The van der Waals surface area contributed by atoms with Crippen LogP contribution in [0.25, 0.3) is 11.3 Å². The second kappa shape index (κ2) is 4.93. The largest absolute Gasteiger partial charge is 0.507 e. The molecule has 5 N–H and O–H groups in total. The van der Waals surface area contributed by atoms with Gasteiger partial charge in [0, 0.05) is 5.56 Å². The van der Waals surface area contributed by atoms with Gasteiger partial charge in [0.05, 0.1) is 18.1 Å². The summed E-state index contributed by atoms with van der Waals surface area (Å²) in [5, 5.41) is 9.74. The molecule has 6 heteroatoms. The number of phenols is 1. The molecule has 1 aromatic carbocycles. The van der Waals surface area contributed by atoms with Crippen LogP contribution in [0.1, 0.15) is 11.1 Å². The predicted octanol–water partition coefficient (Wildman–Crippen LogP) is 1.37. The van der Waals surface area contributed by atoms with Crippen molar-refractivity contribution in [3.63, 3.8) is 0 Å². The van der Waals surface area contributed by atoms with Gasteiger partial charge >= 0.3 is 0 Å². The Bertz CT molecular complexity index is 607. The number of hydrogen-bond donors (Lipinski definition) is 3. The molecule has 0 fully saturated rings. The fourth-order valence-electron chi connectivity index (χ4n) is 1.76. The first-order chi connectivity index (χ1) is 8.97. The molecule has 0 aliphatic carbocycles. The predicted molar refractivity (Wildman–Crippen MR) is 74.1 cm³/mol. The molecule has 1 aromatic heterocycles. The van der Waals surface area contributed by atoms with Gasteiger partial charge < -0.3 is 16.6 Å². The Morgan fingerprint density at radius 3 is 2.21 bits per heavy atom. The van der Waals surface area contributed by atoms with E-state index >= 15 is 0 Å². The molecule has 98 valence electrons. The number of rotatable bonds is 2. The van der Waals surface area contributed by atoms with Gasteiger partial charge in [-0.3, -0.25) is 4.98 Å². The van der Waals surface area contributed by atoms with Crippen molar-refractivity contribution in [3.05, 3.63) is 35.7 Å². The first-order valence-electron chi connectivity index (χ1n) is 5.69. The maximum atomic E-state index is 9.74. The van der Waals surface area contributed by atoms with E-state index in [9.17, 15) is 5.11 Å². The summed E-state index contributed by atoms with van der Waals surface area (Å²) in [5.41, 5.74) is 13.7. The first kappa shape index (κ1) is 12.8. The van der Waals surface area contributed by atoms with Crippen molar-refractivity contribution >= 4 is 11.8 Å². The normalized spacial score (nSPS) is 10.2. The smallest absolute Gasteiger partial charge is 0.192 e. The SMILES string of the molecule is Cc1cc(-c2cnc(N=C(N)N)cn2)cc(C)c1O. The number of aliphatic imine (C=N–C) groups is 1. The van der Waals surface area contributed by atoms with Gasteiger partial charge in [0.2, 0.25) is 0 Å². The van der Waals surface area contributed by atoms with Crippen LogP contribution >= 0.6 is 0 Å². The standard InChI is InChI=1S/C13H15N5O/c1-7-3-9(4-8(2)12(7)19)10-5-17-11(6-16-10)18-13(14)15/h3-6,19H,1-2H3,(H4,14,15,17,18). The van der Waals surface area contributed by atoms with Gasteiger partial charge in [0.1, 0.15) is 5.75 Å². The van der Waals surface area contributed by atoms with Crippen LogP contribution in [0.4, 0.5) is 5.82 Å². The van der Waals surface area contributed by atoms with Crippen molar-refractivity contribution in [2.24, 2.45) is 16.5 Å². The quantitative estimate of drug-likeness (QED) is 0.556. The Kier molecular flexibility index (Phi) is 3.33. The zero-order chi connectivity index (χ0) is 14.0. The second-order valence-corrected chi connectivity index (χ2v) is 4.26. The molecule has 1 heterocycles. The zero-order valence-electron chi connectivity index (χ0n) is 10.8. The highest BCUT2D eigenvalue weighted by Gasteiger charge is 2.06.